The molecule has 2 atom stereocenters. The van der Waals surface area contributed by atoms with E-state index in [1.165, 1.54) is 17.0 Å². The number of aryl methyl sites for hydroxylation is 1. The molecule has 0 unspecified atom stereocenters. The molecule has 2 fully saturated rings. The summed E-state index contributed by atoms with van der Waals surface area (Å²) in [6.07, 6.45) is 6.63. The first kappa shape index (κ1) is 23.0. The molecule has 2 aliphatic heterocycles. The molecule has 8 heteroatoms. The fourth-order valence-corrected chi connectivity index (χ4v) is 5.58. The van der Waals surface area contributed by atoms with Crippen molar-refractivity contribution in [2.75, 3.05) is 39.4 Å². The summed E-state index contributed by atoms with van der Waals surface area (Å²) in [7, 11) is 0. The zero-order valence-electron chi connectivity index (χ0n) is 19.9. The maximum Gasteiger partial charge on any atom is 0.170 e. The molecule has 34 heavy (non-hydrogen) atoms. The van der Waals surface area contributed by atoms with Gasteiger partial charge < -0.3 is 19.5 Å². The summed E-state index contributed by atoms with van der Waals surface area (Å²) in [6.45, 7) is 9.97. The van der Waals surface area contributed by atoms with Crippen LogP contribution in [-0.4, -0.2) is 68.8 Å². The molecule has 5 rings (SSSR count). The number of pyridine rings is 2. The maximum absolute atomic E-state index is 5.88. The van der Waals surface area contributed by atoms with Crippen LogP contribution in [0.4, 0.5) is 0 Å². The lowest BCUT2D eigenvalue weighted by Gasteiger charge is -2.30. The summed E-state index contributed by atoms with van der Waals surface area (Å²) in [6, 6.07) is 12.5. The van der Waals surface area contributed by atoms with Gasteiger partial charge in [-0.25, -0.2) is 0 Å². The Morgan fingerprint density at radius 2 is 1.94 bits per heavy atom. The summed E-state index contributed by atoms with van der Waals surface area (Å²) < 4.78 is 7.78. The second-order valence-electron chi connectivity index (χ2n) is 9.00. The van der Waals surface area contributed by atoms with Crippen molar-refractivity contribution in [1.29, 1.82) is 0 Å². The maximum atomic E-state index is 5.88. The van der Waals surface area contributed by atoms with Gasteiger partial charge in [-0.3, -0.25) is 14.9 Å². The van der Waals surface area contributed by atoms with Crippen LogP contribution >= 0.6 is 12.2 Å². The van der Waals surface area contributed by atoms with E-state index in [1.54, 1.807) is 0 Å². The second-order valence-corrected chi connectivity index (χ2v) is 9.39. The first-order chi connectivity index (χ1) is 16.6. The van der Waals surface area contributed by atoms with Crippen molar-refractivity contribution < 1.29 is 4.74 Å². The minimum Gasteiger partial charge on any atom is -0.379 e. The van der Waals surface area contributed by atoms with Crippen molar-refractivity contribution in [3.05, 3.63) is 77.6 Å². The van der Waals surface area contributed by atoms with Gasteiger partial charge in [-0.1, -0.05) is 6.07 Å². The minimum atomic E-state index is -0.0000602. The molecule has 1 N–H and O–H groups in total. The number of hydrogen-bond donors (Lipinski definition) is 1. The highest BCUT2D eigenvalue weighted by atomic mass is 32.1. The monoisotopic (exact) mass is 476 g/mol. The van der Waals surface area contributed by atoms with E-state index in [1.807, 2.05) is 36.8 Å². The van der Waals surface area contributed by atoms with Gasteiger partial charge in [-0.05, 0) is 68.4 Å². The van der Waals surface area contributed by atoms with Crippen LogP contribution in [0.2, 0.25) is 0 Å². The molecule has 0 aliphatic carbocycles. The smallest absolute Gasteiger partial charge is 0.170 e. The van der Waals surface area contributed by atoms with Gasteiger partial charge in [0.1, 0.15) is 0 Å². The molecule has 3 aromatic heterocycles. The second kappa shape index (κ2) is 10.2. The Morgan fingerprint density at radius 1 is 1.09 bits per heavy atom. The Labute approximate surface area is 206 Å². The van der Waals surface area contributed by atoms with Gasteiger partial charge in [-0.2, -0.15) is 0 Å². The van der Waals surface area contributed by atoms with E-state index in [-0.39, 0.29) is 12.1 Å². The molecule has 0 aromatic carbocycles. The van der Waals surface area contributed by atoms with Gasteiger partial charge in [0.2, 0.25) is 0 Å². The van der Waals surface area contributed by atoms with Crippen molar-refractivity contribution in [2.45, 2.75) is 32.4 Å². The lowest BCUT2D eigenvalue weighted by Crippen LogP contribution is -2.39. The third kappa shape index (κ3) is 4.58. The quantitative estimate of drug-likeness (QED) is 0.523. The highest BCUT2D eigenvalue weighted by molar-refractivity contribution is 7.80. The lowest BCUT2D eigenvalue weighted by molar-refractivity contribution is 0.0365. The van der Waals surface area contributed by atoms with Gasteiger partial charge in [0, 0.05) is 50.0 Å². The molecule has 7 nitrogen and oxygen atoms in total. The van der Waals surface area contributed by atoms with E-state index in [2.05, 4.69) is 61.7 Å². The molecule has 178 valence electrons. The normalized spacial score (nSPS) is 21.1. The van der Waals surface area contributed by atoms with Crippen molar-refractivity contribution in [1.82, 2.24) is 29.7 Å². The number of ether oxygens (including phenoxy) is 1. The van der Waals surface area contributed by atoms with Gasteiger partial charge in [0.05, 0.1) is 42.9 Å². The number of rotatable bonds is 7. The summed E-state index contributed by atoms with van der Waals surface area (Å²) in [4.78, 5) is 13.9. The molecular formula is C26H32N6OS. The molecule has 0 spiro atoms. The average Bonchev–Trinajstić information content (AvgIpc) is 3.35. The van der Waals surface area contributed by atoms with Crippen LogP contribution in [0.1, 0.15) is 41.1 Å². The van der Waals surface area contributed by atoms with Crippen LogP contribution < -0.4 is 5.32 Å². The highest BCUT2D eigenvalue weighted by Gasteiger charge is 2.41. The van der Waals surface area contributed by atoms with Crippen LogP contribution in [0.25, 0.3) is 5.69 Å². The van der Waals surface area contributed by atoms with Crippen molar-refractivity contribution in [2.24, 2.45) is 0 Å². The lowest BCUT2D eigenvalue weighted by atomic mass is 9.96. The van der Waals surface area contributed by atoms with Gasteiger partial charge in [0.15, 0.2) is 5.11 Å². The third-order valence-electron chi connectivity index (χ3n) is 6.87. The number of nitrogens with zero attached hydrogens (tertiary/aromatic N) is 5. The molecule has 2 saturated heterocycles. The molecule has 0 saturated carbocycles. The predicted octanol–water partition coefficient (Wildman–Crippen LogP) is 3.58. The van der Waals surface area contributed by atoms with Crippen molar-refractivity contribution in [3.8, 4) is 5.69 Å². The molecular weight excluding hydrogens is 444 g/mol. The number of aromatic nitrogens is 3. The number of morpholine rings is 1. The van der Waals surface area contributed by atoms with Crippen LogP contribution in [-0.2, 0) is 4.74 Å². The zero-order valence-corrected chi connectivity index (χ0v) is 20.7. The highest BCUT2D eigenvalue weighted by Crippen LogP contribution is 2.41. The van der Waals surface area contributed by atoms with Crippen molar-refractivity contribution in [3.63, 3.8) is 0 Å². The van der Waals surface area contributed by atoms with E-state index in [4.69, 9.17) is 17.0 Å². The Kier molecular flexibility index (Phi) is 6.89. The fraction of sp³-hybridized carbons (Fsp3) is 0.423. The molecule has 5 heterocycles. The SMILES string of the molecule is Cc1cc([C@@H]2[C@@H](c3ccccn3)NC(=S)N2CCCN2CCOCC2)c(C)n1-c1cccnc1. The number of thiocarbonyl (C=S) groups is 1. The fourth-order valence-electron chi connectivity index (χ4n) is 5.24. The molecule has 0 radical (unpaired) electrons. The Morgan fingerprint density at radius 3 is 2.68 bits per heavy atom. The standard InChI is InChI=1S/C26H32N6OS/c1-19-17-22(20(2)32(19)21-7-5-9-27-18-21)25-24(23-8-3-4-10-28-23)29-26(34)31(25)12-6-11-30-13-15-33-16-14-30/h3-5,7-10,17-18,24-25H,6,11-16H2,1-2H3,(H,29,34)/t24-,25-/m1/s1. The van der Waals surface area contributed by atoms with E-state index in [0.29, 0.717) is 0 Å². The molecule has 0 bridgehead atoms. The van der Waals surface area contributed by atoms with Gasteiger partial charge >= 0.3 is 0 Å². The number of nitrogens with one attached hydrogen (secondary N) is 1. The summed E-state index contributed by atoms with van der Waals surface area (Å²) in [5.74, 6) is 0. The first-order valence-corrected chi connectivity index (χ1v) is 12.4. The van der Waals surface area contributed by atoms with Gasteiger partial charge in [-0.15, -0.1) is 0 Å². The molecule has 2 aliphatic rings. The third-order valence-corrected chi connectivity index (χ3v) is 7.22. The van der Waals surface area contributed by atoms with Crippen LogP contribution in [0.15, 0.2) is 55.0 Å². The molecule has 3 aromatic rings. The summed E-state index contributed by atoms with van der Waals surface area (Å²) >= 11 is 5.88. The van der Waals surface area contributed by atoms with Crippen LogP contribution in [0.5, 0.6) is 0 Å². The van der Waals surface area contributed by atoms with E-state index < -0.39 is 0 Å². The van der Waals surface area contributed by atoms with Crippen molar-refractivity contribution >= 4 is 17.3 Å². The Balaban J connectivity index is 1.46. The topological polar surface area (TPSA) is 58.5 Å². The first-order valence-electron chi connectivity index (χ1n) is 12.0. The Hall–Kier alpha value is -2.81. The zero-order chi connectivity index (χ0) is 23.5. The van der Waals surface area contributed by atoms with E-state index >= 15 is 0 Å². The van der Waals surface area contributed by atoms with E-state index in [0.717, 1.165) is 62.3 Å². The van der Waals surface area contributed by atoms with Crippen LogP contribution in [0, 0.1) is 13.8 Å². The Bertz CT molecular complexity index is 1110. The van der Waals surface area contributed by atoms with E-state index in [9.17, 15) is 0 Å². The average molecular weight is 477 g/mol. The predicted molar refractivity (Wildman–Crippen MR) is 137 cm³/mol. The van der Waals surface area contributed by atoms with Crippen LogP contribution in [0.3, 0.4) is 0 Å². The summed E-state index contributed by atoms with van der Waals surface area (Å²) in [5, 5.41) is 4.39. The number of hydrogen-bond acceptors (Lipinski definition) is 5. The largest absolute Gasteiger partial charge is 0.379 e. The minimum absolute atomic E-state index is 0.0000602. The van der Waals surface area contributed by atoms with Gasteiger partial charge in [0.25, 0.3) is 0 Å². The molecule has 0 amide bonds. The summed E-state index contributed by atoms with van der Waals surface area (Å²) in [5.41, 5.74) is 5.76.